The minimum absolute atomic E-state index is 0.0498. The first kappa shape index (κ1) is 18.2. The zero-order chi connectivity index (χ0) is 17.7. The van der Waals surface area contributed by atoms with Gasteiger partial charge in [-0.1, -0.05) is 74.5 Å². The predicted molar refractivity (Wildman–Crippen MR) is 97.7 cm³/mol. The van der Waals surface area contributed by atoms with Crippen LogP contribution >= 0.6 is 0 Å². The van der Waals surface area contributed by atoms with E-state index in [1.54, 1.807) is 11.9 Å². The van der Waals surface area contributed by atoms with Crippen molar-refractivity contribution in [2.24, 2.45) is 5.92 Å². The van der Waals surface area contributed by atoms with E-state index in [-0.39, 0.29) is 23.8 Å². The summed E-state index contributed by atoms with van der Waals surface area (Å²) in [6.45, 7) is 5.91. The Labute approximate surface area is 144 Å². The zero-order valence-corrected chi connectivity index (χ0v) is 14.9. The Balaban J connectivity index is 2.07. The molecule has 1 N–H and O–H groups in total. The summed E-state index contributed by atoms with van der Waals surface area (Å²) in [5, 5.41) is 10.6. The number of aliphatic hydroxyl groups excluding tert-OH is 1. The number of likely N-dealkylation sites (N-methyl/N-ethyl adjacent to an activating group) is 1. The molecule has 3 heteroatoms. The number of aliphatic hydroxyl groups is 1. The topological polar surface area (TPSA) is 40.5 Å². The summed E-state index contributed by atoms with van der Waals surface area (Å²) in [5.74, 6) is 0.0267. The van der Waals surface area contributed by atoms with Crippen LogP contribution in [-0.4, -0.2) is 29.0 Å². The van der Waals surface area contributed by atoms with Gasteiger partial charge in [0.1, 0.15) is 0 Å². The highest BCUT2D eigenvalue weighted by Gasteiger charge is 2.29. The molecule has 1 amide bonds. The maximum atomic E-state index is 12.8. The van der Waals surface area contributed by atoms with E-state index in [0.29, 0.717) is 0 Å². The minimum Gasteiger partial charge on any atom is -0.386 e. The van der Waals surface area contributed by atoms with Crippen LogP contribution in [-0.2, 0) is 4.79 Å². The fourth-order valence-electron chi connectivity index (χ4n) is 2.92. The quantitative estimate of drug-likeness (QED) is 0.872. The van der Waals surface area contributed by atoms with E-state index in [1.807, 2.05) is 62.4 Å². The van der Waals surface area contributed by atoms with E-state index in [0.717, 1.165) is 11.1 Å². The number of hydrogen-bond donors (Lipinski definition) is 1. The van der Waals surface area contributed by atoms with Gasteiger partial charge in [-0.25, -0.2) is 0 Å². The van der Waals surface area contributed by atoms with E-state index < -0.39 is 6.10 Å². The molecule has 0 heterocycles. The van der Waals surface area contributed by atoms with Crippen molar-refractivity contribution in [3.63, 3.8) is 0 Å². The van der Waals surface area contributed by atoms with Crippen LogP contribution in [0.2, 0.25) is 0 Å². The summed E-state index contributed by atoms with van der Waals surface area (Å²) in [6.07, 6.45) is -0.695. The summed E-state index contributed by atoms with van der Waals surface area (Å²) < 4.78 is 0. The van der Waals surface area contributed by atoms with Crippen LogP contribution in [0.15, 0.2) is 60.7 Å². The van der Waals surface area contributed by atoms with E-state index in [1.165, 1.54) is 0 Å². The molecule has 24 heavy (non-hydrogen) atoms. The van der Waals surface area contributed by atoms with Gasteiger partial charge in [-0.2, -0.15) is 0 Å². The Morgan fingerprint density at radius 3 is 1.83 bits per heavy atom. The molecule has 0 aliphatic rings. The summed E-state index contributed by atoms with van der Waals surface area (Å²) in [5.41, 5.74) is 1.98. The second-order valence-corrected chi connectivity index (χ2v) is 6.53. The monoisotopic (exact) mass is 325 g/mol. The summed E-state index contributed by atoms with van der Waals surface area (Å²) >= 11 is 0. The van der Waals surface area contributed by atoms with Crippen LogP contribution in [0.25, 0.3) is 0 Å². The number of hydrogen-bond acceptors (Lipinski definition) is 2. The summed E-state index contributed by atoms with van der Waals surface area (Å²) in [6, 6.07) is 19.3. The van der Waals surface area contributed by atoms with Crippen LogP contribution < -0.4 is 0 Å². The number of benzene rings is 2. The first-order chi connectivity index (χ1) is 11.4. The van der Waals surface area contributed by atoms with Crippen molar-refractivity contribution in [1.82, 2.24) is 4.90 Å². The molecule has 0 unspecified atom stereocenters. The SMILES string of the molecule is C[C@H](C(=O)N(C)[C@@H](C)[C@@H](O)c1ccccc1)[C@@H](C)c1ccccc1. The van der Waals surface area contributed by atoms with Gasteiger partial charge in [0.25, 0.3) is 0 Å². The fourth-order valence-corrected chi connectivity index (χ4v) is 2.92. The normalized spacial score (nSPS) is 16.0. The van der Waals surface area contributed by atoms with Crippen molar-refractivity contribution in [2.75, 3.05) is 7.05 Å². The number of amides is 1. The van der Waals surface area contributed by atoms with Crippen LogP contribution in [0.1, 0.15) is 43.9 Å². The standard InChI is InChI=1S/C21H27NO2/c1-15(18-11-7-5-8-12-18)16(2)21(24)22(4)17(3)20(23)19-13-9-6-10-14-19/h5-17,20,23H,1-4H3/t15-,16+,17+,20-/m1/s1. The molecule has 0 saturated carbocycles. The second kappa shape index (κ2) is 8.11. The first-order valence-electron chi connectivity index (χ1n) is 8.48. The maximum absolute atomic E-state index is 12.8. The molecule has 2 aromatic carbocycles. The maximum Gasteiger partial charge on any atom is 0.226 e. The molecule has 0 spiro atoms. The zero-order valence-electron chi connectivity index (χ0n) is 14.9. The van der Waals surface area contributed by atoms with Gasteiger partial charge in [-0.3, -0.25) is 4.79 Å². The van der Waals surface area contributed by atoms with Crippen LogP contribution in [0.3, 0.4) is 0 Å². The second-order valence-electron chi connectivity index (χ2n) is 6.53. The molecular formula is C21H27NO2. The van der Waals surface area contributed by atoms with Gasteiger partial charge in [0.2, 0.25) is 5.91 Å². The fraction of sp³-hybridized carbons (Fsp3) is 0.381. The molecule has 0 bridgehead atoms. The lowest BCUT2D eigenvalue weighted by Gasteiger charge is -2.33. The third-order valence-electron chi connectivity index (χ3n) is 5.02. The first-order valence-corrected chi connectivity index (χ1v) is 8.48. The largest absolute Gasteiger partial charge is 0.386 e. The highest BCUT2D eigenvalue weighted by Crippen LogP contribution is 2.27. The Morgan fingerprint density at radius 1 is 0.875 bits per heavy atom. The van der Waals surface area contributed by atoms with Crippen molar-refractivity contribution in [2.45, 2.75) is 38.8 Å². The number of nitrogens with zero attached hydrogens (tertiary/aromatic N) is 1. The predicted octanol–water partition coefficient (Wildman–Crippen LogP) is 4.01. The minimum atomic E-state index is -0.695. The van der Waals surface area contributed by atoms with Gasteiger partial charge >= 0.3 is 0 Å². The number of rotatable bonds is 6. The van der Waals surface area contributed by atoms with Crippen molar-refractivity contribution < 1.29 is 9.90 Å². The molecule has 0 aliphatic carbocycles. The third-order valence-corrected chi connectivity index (χ3v) is 5.02. The number of carbonyl (C=O) groups is 1. The van der Waals surface area contributed by atoms with Gasteiger partial charge in [-0.05, 0) is 24.0 Å². The van der Waals surface area contributed by atoms with Gasteiger partial charge in [0, 0.05) is 13.0 Å². The Hall–Kier alpha value is -2.13. The Bertz CT molecular complexity index is 641. The van der Waals surface area contributed by atoms with E-state index >= 15 is 0 Å². The summed E-state index contributed by atoms with van der Waals surface area (Å²) in [7, 11) is 1.77. The molecule has 4 atom stereocenters. The van der Waals surface area contributed by atoms with Gasteiger partial charge in [0.05, 0.1) is 12.1 Å². The van der Waals surface area contributed by atoms with Crippen LogP contribution in [0.5, 0.6) is 0 Å². The third kappa shape index (κ3) is 4.04. The van der Waals surface area contributed by atoms with Crippen molar-refractivity contribution in [1.29, 1.82) is 0 Å². The molecule has 3 nitrogen and oxygen atoms in total. The van der Waals surface area contributed by atoms with Gasteiger partial charge in [-0.15, -0.1) is 0 Å². The van der Waals surface area contributed by atoms with Crippen LogP contribution in [0, 0.1) is 5.92 Å². The molecule has 0 fully saturated rings. The Morgan fingerprint density at radius 2 is 1.33 bits per heavy atom. The van der Waals surface area contributed by atoms with Crippen molar-refractivity contribution in [3.8, 4) is 0 Å². The molecule has 2 rings (SSSR count). The van der Waals surface area contributed by atoms with Crippen molar-refractivity contribution >= 4 is 5.91 Å². The average Bonchev–Trinajstić information content (AvgIpc) is 2.65. The van der Waals surface area contributed by atoms with Gasteiger partial charge in [0.15, 0.2) is 0 Å². The molecule has 2 aromatic rings. The molecular weight excluding hydrogens is 298 g/mol. The van der Waals surface area contributed by atoms with Crippen molar-refractivity contribution in [3.05, 3.63) is 71.8 Å². The molecule has 0 aliphatic heterocycles. The lowest BCUT2D eigenvalue weighted by Crippen LogP contribution is -2.42. The average molecular weight is 325 g/mol. The highest BCUT2D eigenvalue weighted by molar-refractivity contribution is 5.79. The molecule has 0 radical (unpaired) electrons. The molecule has 128 valence electrons. The lowest BCUT2D eigenvalue weighted by atomic mass is 9.87. The highest BCUT2D eigenvalue weighted by atomic mass is 16.3. The van der Waals surface area contributed by atoms with Crippen LogP contribution in [0.4, 0.5) is 0 Å². The lowest BCUT2D eigenvalue weighted by molar-refractivity contribution is -0.138. The van der Waals surface area contributed by atoms with Gasteiger partial charge < -0.3 is 10.0 Å². The van der Waals surface area contributed by atoms with E-state index in [2.05, 4.69) is 19.1 Å². The Kier molecular flexibility index (Phi) is 6.16. The summed E-state index contributed by atoms with van der Waals surface area (Å²) in [4.78, 5) is 14.5. The molecule has 0 aromatic heterocycles. The van der Waals surface area contributed by atoms with E-state index in [4.69, 9.17) is 0 Å². The van der Waals surface area contributed by atoms with E-state index in [9.17, 15) is 9.90 Å². The molecule has 0 saturated heterocycles. The smallest absolute Gasteiger partial charge is 0.226 e. The number of carbonyl (C=O) groups excluding carboxylic acids is 1.